The first kappa shape index (κ1) is 27.9. The van der Waals surface area contributed by atoms with Gasteiger partial charge in [-0.3, -0.25) is 0 Å². The van der Waals surface area contributed by atoms with Gasteiger partial charge >= 0.3 is 0 Å². The van der Waals surface area contributed by atoms with Gasteiger partial charge in [-0.15, -0.1) is 0 Å². The Balaban J connectivity index is 1.11. The highest BCUT2D eigenvalue weighted by molar-refractivity contribution is 6.10. The fraction of sp³-hybridized carbons (Fsp3) is 0.0652. The molecule has 0 bridgehead atoms. The molecular formula is C46H31N3. The first-order valence-corrected chi connectivity index (χ1v) is 16.9. The van der Waals surface area contributed by atoms with Gasteiger partial charge in [0.2, 0.25) is 0 Å². The van der Waals surface area contributed by atoms with Crippen LogP contribution in [-0.4, -0.2) is 15.0 Å². The van der Waals surface area contributed by atoms with Gasteiger partial charge in [-0.2, -0.15) is 0 Å². The first-order valence-electron chi connectivity index (χ1n) is 16.9. The summed E-state index contributed by atoms with van der Waals surface area (Å²) < 4.78 is 0. The molecule has 3 nitrogen and oxygen atoms in total. The second-order valence-corrected chi connectivity index (χ2v) is 13.6. The third-order valence-electron chi connectivity index (χ3n) is 10.4. The molecule has 230 valence electrons. The lowest BCUT2D eigenvalue weighted by Gasteiger charge is -2.21. The summed E-state index contributed by atoms with van der Waals surface area (Å²) in [6.45, 7) is 4.64. The third kappa shape index (κ3) is 4.25. The van der Waals surface area contributed by atoms with Crippen molar-refractivity contribution in [3.8, 4) is 44.8 Å². The monoisotopic (exact) mass is 625 g/mol. The van der Waals surface area contributed by atoms with Gasteiger partial charge in [-0.1, -0.05) is 129 Å². The largest absolute Gasteiger partial charge is 0.248 e. The molecule has 6 aromatic carbocycles. The molecule has 10 rings (SSSR count). The Morgan fingerprint density at radius 2 is 0.959 bits per heavy atom. The molecule has 0 amide bonds. The van der Waals surface area contributed by atoms with Gasteiger partial charge in [0.05, 0.1) is 33.5 Å². The number of hydrogen-bond acceptors (Lipinski definition) is 3. The number of nitrogens with zero attached hydrogens (tertiary/aromatic N) is 3. The Morgan fingerprint density at radius 3 is 1.65 bits per heavy atom. The summed E-state index contributed by atoms with van der Waals surface area (Å²) in [5.41, 5.74) is 15.6. The van der Waals surface area contributed by atoms with Crippen LogP contribution in [0.15, 0.2) is 152 Å². The Kier molecular flexibility index (Phi) is 5.92. The van der Waals surface area contributed by atoms with Crippen molar-refractivity contribution in [3.63, 3.8) is 0 Å². The Hall–Kier alpha value is -6.19. The zero-order chi connectivity index (χ0) is 32.7. The van der Waals surface area contributed by atoms with Crippen molar-refractivity contribution in [1.82, 2.24) is 15.0 Å². The third-order valence-corrected chi connectivity index (χ3v) is 10.4. The van der Waals surface area contributed by atoms with E-state index in [4.69, 9.17) is 15.0 Å². The van der Waals surface area contributed by atoms with Gasteiger partial charge in [0.1, 0.15) is 0 Å². The molecule has 0 spiro atoms. The van der Waals surface area contributed by atoms with Crippen LogP contribution in [0, 0.1) is 0 Å². The van der Waals surface area contributed by atoms with E-state index in [-0.39, 0.29) is 5.41 Å². The number of aromatic nitrogens is 3. The van der Waals surface area contributed by atoms with Crippen molar-refractivity contribution in [3.05, 3.63) is 163 Å². The van der Waals surface area contributed by atoms with Gasteiger partial charge < -0.3 is 0 Å². The van der Waals surface area contributed by atoms with Crippen LogP contribution < -0.4 is 0 Å². The molecule has 3 heteroatoms. The van der Waals surface area contributed by atoms with E-state index in [1.54, 1.807) is 0 Å². The molecule has 0 fully saturated rings. The van der Waals surface area contributed by atoms with E-state index in [1.807, 2.05) is 0 Å². The van der Waals surface area contributed by atoms with E-state index in [0.717, 1.165) is 71.7 Å². The van der Waals surface area contributed by atoms with Crippen molar-refractivity contribution in [2.75, 3.05) is 0 Å². The van der Waals surface area contributed by atoms with E-state index in [9.17, 15) is 0 Å². The molecule has 49 heavy (non-hydrogen) atoms. The minimum Gasteiger partial charge on any atom is -0.248 e. The van der Waals surface area contributed by atoms with Crippen LogP contribution in [0.1, 0.15) is 25.0 Å². The molecule has 3 heterocycles. The molecule has 0 atom stereocenters. The summed E-state index contributed by atoms with van der Waals surface area (Å²) >= 11 is 0. The smallest absolute Gasteiger partial charge is 0.0972 e. The van der Waals surface area contributed by atoms with E-state index < -0.39 is 0 Å². The highest BCUT2D eigenvalue weighted by Crippen LogP contribution is 2.49. The van der Waals surface area contributed by atoms with Crippen molar-refractivity contribution >= 4 is 43.6 Å². The van der Waals surface area contributed by atoms with Gasteiger partial charge in [-0.25, -0.2) is 15.0 Å². The second kappa shape index (κ2) is 10.4. The molecule has 0 saturated carbocycles. The van der Waals surface area contributed by atoms with Crippen LogP contribution in [0.5, 0.6) is 0 Å². The maximum Gasteiger partial charge on any atom is 0.0972 e. The highest BCUT2D eigenvalue weighted by atomic mass is 14.8. The van der Waals surface area contributed by atoms with Crippen LogP contribution >= 0.6 is 0 Å². The molecule has 0 radical (unpaired) electrons. The fourth-order valence-corrected chi connectivity index (χ4v) is 7.94. The van der Waals surface area contributed by atoms with Crippen LogP contribution in [-0.2, 0) is 5.41 Å². The maximum absolute atomic E-state index is 5.30. The zero-order valence-electron chi connectivity index (χ0n) is 27.3. The molecule has 0 unspecified atom stereocenters. The van der Waals surface area contributed by atoms with Gasteiger partial charge in [0, 0.05) is 43.7 Å². The summed E-state index contributed by atoms with van der Waals surface area (Å²) in [6.07, 6.45) is 0. The van der Waals surface area contributed by atoms with Gasteiger partial charge in [0.25, 0.3) is 0 Å². The van der Waals surface area contributed by atoms with Crippen LogP contribution in [0.4, 0.5) is 0 Å². The van der Waals surface area contributed by atoms with Gasteiger partial charge in [0.15, 0.2) is 0 Å². The van der Waals surface area contributed by atoms with E-state index in [0.29, 0.717) is 0 Å². The lowest BCUT2D eigenvalue weighted by molar-refractivity contribution is 0.660. The Bertz CT molecular complexity index is 2760. The topological polar surface area (TPSA) is 38.7 Å². The Morgan fingerprint density at radius 1 is 0.408 bits per heavy atom. The maximum atomic E-state index is 5.30. The number of benzene rings is 6. The average Bonchev–Trinajstić information content (AvgIpc) is 3.38. The quantitative estimate of drug-likeness (QED) is 0.145. The van der Waals surface area contributed by atoms with Crippen LogP contribution in [0.3, 0.4) is 0 Å². The molecule has 3 aromatic heterocycles. The fourth-order valence-electron chi connectivity index (χ4n) is 7.94. The Labute approximate surface area is 284 Å². The SMILES string of the molecule is CC1(C)c2ccccc2-c2ccc(-c3ccc4ccc5ccc(-c6cccc(-c7c8ccccc8nc8ccccc78)c6)nc5c4n3)cc21. The lowest BCUT2D eigenvalue weighted by atomic mass is 9.82. The van der Waals surface area contributed by atoms with E-state index in [2.05, 4.69) is 166 Å². The lowest BCUT2D eigenvalue weighted by Crippen LogP contribution is -2.14. The van der Waals surface area contributed by atoms with Crippen molar-refractivity contribution in [2.24, 2.45) is 0 Å². The molecule has 1 aliphatic rings. The van der Waals surface area contributed by atoms with Crippen molar-refractivity contribution in [1.29, 1.82) is 0 Å². The minimum absolute atomic E-state index is 0.0642. The normalized spacial score (nSPS) is 13.3. The number of pyridine rings is 3. The predicted octanol–water partition coefficient (Wildman–Crippen LogP) is 11.8. The van der Waals surface area contributed by atoms with E-state index in [1.165, 1.54) is 27.8 Å². The molecular weight excluding hydrogens is 595 g/mol. The molecule has 0 aliphatic heterocycles. The number of para-hydroxylation sites is 2. The van der Waals surface area contributed by atoms with Gasteiger partial charge in [-0.05, 0) is 64.2 Å². The highest BCUT2D eigenvalue weighted by Gasteiger charge is 2.35. The molecule has 0 N–H and O–H groups in total. The van der Waals surface area contributed by atoms with E-state index >= 15 is 0 Å². The average molecular weight is 626 g/mol. The summed E-state index contributed by atoms with van der Waals surface area (Å²) in [7, 11) is 0. The predicted molar refractivity (Wildman–Crippen MR) is 204 cm³/mol. The molecule has 0 saturated heterocycles. The van der Waals surface area contributed by atoms with Crippen LogP contribution in [0.25, 0.3) is 88.4 Å². The zero-order valence-corrected chi connectivity index (χ0v) is 27.3. The standard InChI is InChI=1S/C46H31N3/c1-46(2)37-15-6-3-12-33(37)34-23-20-31(27-38(34)46)40-25-22-29-19-18-28-21-24-39(48-44(28)45(29)49-40)30-10-9-11-32(26-30)43-35-13-4-7-16-41(35)47-42-17-8-5-14-36(42)43/h3-27H,1-2H3. The number of rotatable bonds is 3. The van der Waals surface area contributed by atoms with Crippen LogP contribution in [0.2, 0.25) is 0 Å². The second-order valence-electron chi connectivity index (χ2n) is 13.6. The summed E-state index contributed by atoms with van der Waals surface area (Å²) in [5, 5.41) is 4.45. The molecule has 9 aromatic rings. The number of hydrogen-bond donors (Lipinski definition) is 0. The van der Waals surface area contributed by atoms with Crippen molar-refractivity contribution < 1.29 is 0 Å². The molecule has 1 aliphatic carbocycles. The first-order chi connectivity index (χ1) is 24.0. The van der Waals surface area contributed by atoms with Crippen molar-refractivity contribution in [2.45, 2.75) is 19.3 Å². The summed E-state index contributed by atoms with van der Waals surface area (Å²) in [4.78, 5) is 15.5. The summed E-state index contributed by atoms with van der Waals surface area (Å²) in [6, 6.07) is 54.1. The number of fused-ring (bicyclic) bond motifs is 8. The summed E-state index contributed by atoms with van der Waals surface area (Å²) in [5.74, 6) is 0. The minimum atomic E-state index is -0.0642.